The number of aromatic nitrogens is 1. The number of rotatable bonds is 7. The minimum absolute atomic E-state index is 0.482. The molecule has 1 unspecified atom stereocenters. The molecule has 1 aromatic carbocycles. The Hall–Kier alpha value is -1.67. The van der Waals surface area contributed by atoms with E-state index < -0.39 is 0 Å². The van der Waals surface area contributed by atoms with E-state index in [1.54, 1.807) is 0 Å². The van der Waals surface area contributed by atoms with Crippen molar-refractivity contribution < 1.29 is 0 Å². The summed E-state index contributed by atoms with van der Waals surface area (Å²) in [6, 6.07) is 15.5. The summed E-state index contributed by atoms with van der Waals surface area (Å²) in [5, 5.41) is 3.41. The van der Waals surface area contributed by atoms with Gasteiger partial charge in [-0.15, -0.1) is 0 Å². The van der Waals surface area contributed by atoms with E-state index in [-0.39, 0.29) is 0 Å². The first-order chi connectivity index (χ1) is 9.81. The molecule has 0 bridgehead atoms. The highest BCUT2D eigenvalue weighted by molar-refractivity contribution is 5.16. The molecule has 106 valence electrons. The maximum Gasteiger partial charge on any atom is 0.0419 e. The second kappa shape index (κ2) is 7.81. The van der Waals surface area contributed by atoms with Crippen molar-refractivity contribution in [1.82, 2.24) is 10.3 Å². The van der Waals surface area contributed by atoms with Crippen LogP contribution in [0.15, 0.2) is 48.7 Å². The van der Waals surface area contributed by atoms with E-state index in [2.05, 4.69) is 59.7 Å². The van der Waals surface area contributed by atoms with E-state index in [9.17, 15) is 0 Å². The van der Waals surface area contributed by atoms with Crippen molar-refractivity contribution in [2.24, 2.45) is 0 Å². The van der Waals surface area contributed by atoms with E-state index in [0.29, 0.717) is 6.04 Å². The average Bonchev–Trinajstić information content (AvgIpc) is 2.53. The molecule has 0 aliphatic carbocycles. The van der Waals surface area contributed by atoms with Crippen LogP contribution in [0.1, 0.15) is 30.2 Å². The van der Waals surface area contributed by atoms with Gasteiger partial charge >= 0.3 is 0 Å². The fraction of sp³-hybridized carbons (Fsp3) is 0.389. The lowest BCUT2D eigenvalue weighted by molar-refractivity contribution is 0.515. The monoisotopic (exact) mass is 268 g/mol. The van der Waals surface area contributed by atoms with Gasteiger partial charge in [0, 0.05) is 24.4 Å². The quantitative estimate of drug-likeness (QED) is 0.832. The highest BCUT2D eigenvalue weighted by Gasteiger charge is 2.08. The number of aryl methyl sites for hydroxylation is 2. The maximum absolute atomic E-state index is 4.55. The van der Waals surface area contributed by atoms with Gasteiger partial charge in [-0.3, -0.25) is 4.98 Å². The second-order valence-electron chi connectivity index (χ2n) is 5.23. The van der Waals surface area contributed by atoms with Gasteiger partial charge in [-0.25, -0.2) is 0 Å². The van der Waals surface area contributed by atoms with E-state index >= 15 is 0 Å². The number of likely N-dealkylation sites (N-methyl/N-ethyl adjacent to an activating group) is 1. The molecule has 0 saturated heterocycles. The Labute approximate surface area is 122 Å². The number of benzene rings is 1. The molecule has 0 saturated carbocycles. The first-order valence-corrected chi connectivity index (χ1v) is 7.46. The van der Waals surface area contributed by atoms with Gasteiger partial charge in [0.25, 0.3) is 0 Å². The number of pyridine rings is 1. The molecule has 2 nitrogen and oxygen atoms in total. The zero-order valence-electron chi connectivity index (χ0n) is 12.5. The first-order valence-electron chi connectivity index (χ1n) is 7.46. The van der Waals surface area contributed by atoms with Crippen molar-refractivity contribution in [1.29, 1.82) is 0 Å². The predicted molar refractivity (Wildman–Crippen MR) is 84.9 cm³/mol. The number of nitrogens with zero attached hydrogens (tertiary/aromatic N) is 1. The minimum Gasteiger partial charge on any atom is -0.317 e. The molecule has 0 spiro atoms. The predicted octanol–water partition coefficient (Wildman–Crippen LogP) is 3.41. The van der Waals surface area contributed by atoms with E-state index in [1.165, 1.54) is 16.8 Å². The van der Waals surface area contributed by atoms with Crippen molar-refractivity contribution in [3.05, 3.63) is 65.5 Å². The third-order valence-corrected chi connectivity index (χ3v) is 3.78. The lowest BCUT2D eigenvalue weighted by Gasteiger charge is -2.16. The second-order valence-corrected chi connectivity index (χ2v) is 5.23. The molecular formula is C18H24N2. The summed E-state index contributed by atoms with van der Waals surface area (Å²) in [5.74, 6) is 0. The molecule has 0 radical (unpaired) electrons. The fourth-order valence-corrected chi connectivity index (χ4v) is 2.37. The SMILES string of the molecule is CCc1ccc(CC(CCc2ccccc2)NC)nc1. The largest absolute Gasteiger partial charge is 0.317 e. The minimum atomic E-state index is 0.482. The van der Waals surface area contributed by atoms with Crippen LogP contribution < -0.4 is 5.32 Å². The smallest absolute Gasteiger partial charge is 0.0419 e. The van der Waals surface area contributed by atoms with Gasteiger partial charge in [0.2, 0.25) is 0 Å². The van der Waals surface area contributed by atoms with Crippen LogP contribution in [0.2, 0.25) is 0 Å². The molecule has 1 atom stereocenters. The van der Waals surface area contributed by atoms with Gasteiger partial charge in [0.1, 0.15) is 0 Å². The van der Waals surface area contributed by atoms with Gasteiger partial charge in [0.15, 0.2) is 0 Å². The van der Waals surface area contributed by atoms with E-state index in [4.69, 9.17) is 0 Å². The molecule has 0 fully saturated rings. The summed E-state index contributed by atoms with van der Waals surface area (Å²) in [6.07, 6.45) is 6.29. The van der Waals surface area contributed by atoms with Crippen molar-refractivity contribution in [3.8, 4) is 0 Å². The van der Waals surface area contributed by atoms with Crippen molar-refractivity contribution in [2.75, 3.05) is 7.05 Å². The van der Waals surface area contributed by atoms with Gasteiger partial charge in [-0.05, 0) is 43.5 Å². The molecule has 1 N–H and O–H groups in total. The molecule has 1 aromatic heterocycles. The third kappa shape index (κ3) is 4.46. The summed E-state index contributed by atoms with van der Waals surface area (Å²) in [5.41, 5.74) is 3.88. The lowest BCUT2D eigenvalue weighted by atomic mass is 10.0. The van der Waals surface area contributed by atoms with Crippen LogP contribution in [-0.4, -0.2) is 18.1 Å². The van der Waals surface area contributed by atoms with Gasteiger partial charge in [-0.2, -0.15) is 0 Å². The Bertz CT molecular complexity index is 491. The molecular weight excluding hydrogens is 244 g/mol. The Morgan fingerprint density at radius 1 is 1.05 bits per heavy atom. The average molecular weight is 268 g/mol. The normalized spacial score (nSPS) is 12.3. The Kier molecular flexibility index (Phi) is 5.75. The summed E-state index contributed by atoms with van der Waals surface area (Å²) in [7, 11) is 2.04. The first kappa shape index (κ1) is 14.7. The molecule has 1 heterocycles. The van der Waals surface area contributed by atoms with Crippen molar-refractivity contribution in [3.63, 3.8) is 0 Å². The lowest BCUT2D eigenvalue weighted by Crippen LogP contribution is -2.28. The van der Waals surface area contributed by atoms with Crippen LogP contribution in [0.4, 0.5) is 0 Å². The van der Waals surface area contributed by atoms with Crippen LogP contribution in [0.25, 0.3) is 0 Å². The van der Waals surface area contributed by atoms with Gasteiger partial charge in [-0.1, -0.05) is 43.3 Å². The summed E-state index contributed by atoms with van der Waals surface area (Å²) < 4.78 is 0. The molecule has 2 aromatic rings. The van der Waals surface area contributed by atoms with Gasteiger partial charge in [0.05, 0.1) is 0 Å². The van der Waals surface area contributed by atoms with E-state index in [1.807, 2.05) is 13.2 Å². The zero-order valence-corrected chi connectivity index (χ0v) is 12.5. The number of nitrogens with one attached hydrogen (secondary N) is 1. The summed E-state index contributed by atoms with van der Waals surface area (Å²) in [4.78, 5) is 4.55. The number of hydrogen-bond donors (Lipinski definition) is 1. The summed E-state index contributed by atoms with van der Waals surface area (Å²) in [6.45, 7) is 2.16. The Morgan fingerprint density at radius 3 is 2.45 bits per heavy atom. The van der Waals surface area contributed by atoms with Crippen molar-refractivity contribution >= 4 is 0 Å². The standard InChI is InChI=1S/C18H24N2/c1-3-15-9-12-18(20-14-15)13-17(19-2)11-10-16-7-5-4-6-8-16/h4-9,12,14,17,19H,3,10-11,13H2,1-2H3. The highest BCUT2D eigenvalue weighted by atomic mass is 14.9. The highest BCUT2D eigenvalue weighted by Crippen LogP contribution is 2.09. The maximum atomic E-state index is 4.55. The topological polar surface area (TPSA) is 24.9 Å². The zero-order chi connectivity index (χ0) is 14.2. The molecule has 20 heavy (non-hydrogen) atoms. The van der Waals surface area contributed by atoms with Crippen LogP contribution >= 0.6 is 0 Å². The molecule has 0 aliphatic rings. The third-order valence-electron chi connectivity index (χ3n) is 3.78. The molecule has 0 amide bonds. The van der Waals surface area contributed by atoms with Crippen LogP contribution in [-0.2, 0) is 19.3 Å². The van der Waals surface area contributed by atoms with Crippen molar-refractivity contribution in [2.45, 2.75) is 38.6 Å². The molecule has 2 rings (SSSR count). The Balaban J connectivity index is 1.88. The van der Waals surface area contributed by atoms with Gasteiger partial charge < -0.3 is 5.32 Å². The van der Waals surface area contributed by atoms with E-state index in [0.717, 1.165) is 25.7 Å². The fourth-order valence-electron chi connectivity index (χ4n) is 2.37. The Morgan fingerprint density at radius 2 is 1.85 bits per heavy atom. The molecule has 2 heteroatoms. The van der Waals surface area contributed by atoms with Crippen LogP contribution in [0, 0.1) is 0 Å². The number of hydrogen-bond acceptors (Lipinski definition) is 2. The van der Waals surface area contributed by atoms with Crippen LogP contribution in [0.5, 0.6) is 0 Å². The summed E-state index contributed by atoms with van der Waals surface area (Å²) >= 11 is 0. The van der Waals surface area contributed by atoms with Crippen LogP contribution in [0.3, 0.4) is 0 Å². The molecule has 0 aliphatic heterocycles.